The monoisotopic (exact) mass is 112 g/mol. The van der Waals surface area contributed by atoms with Crippen molar-refractivity contribution in [1.82, 2.24) is 0 Å². The van der Waals surface area contributed by atoms with Crippen LogP contribution in [0.25, 0.3) is 0 Å². The first-order valence-electron chi connectivity index (χ1n) is 1.27. The summed E-state index contributed by atoms with van der Waals surface area (Å²) >= 11 is 0. The van der Waals surface area contributed by atoms with Crippen molar-refractivity contribution in [2.24, 2.45) is 0 Å². The third-order valence-electron chi connectivity index (χ3n) is 0. The van der Waals surface area contributed by atoms with E-state index in [4.69, 9.17) is 0 Å². The zero-order valence-corrected chi connectivity index (χ0v) is 5.34. The SMILES string of the molecule is CC(F)(P)P. The highest BCUT2D eigenvalue weighted by molar-refractivity contribution is 7.39. The lowest BCUT2D eigenvalue weighted by Gasteiger charge is -1.99. The molecule has 0 bridgehead atoms. The molecule has 5 heavy (non-hydrogen) atoms. The van der Waals surface area contributed by atoms with Crippen LogP contribution in [0.4, 0.5) is 4.39 Å². The maximum Gasteiger partial charge on any atom is 0.133 e. The van der Waals surface area contributed by atoms with Crippen molar-refractivity contribution in [3.05, 3.63) is 0 Å². The van der Waals surface area contributed by atoms with Gasteiger partial charge in [0.1, 0.15) is 5.15 Å². The Hall–Kier alpha value is 0.790. The summed E-state index contributed by atoms with van der Waals surface area (Å²) in [7, 11) is 4.02. The maximum atomic E-state index is 11.6. The molecule has 0 radical (unpaired) electrons. The van der Waals surface area contributed by atoms with E-state index < -0.39 is 5.15 Å². The third-order valence-corrected chi connectivity index (χ3v) is 0. The fourth-order valence-corrected chi connectivity index (χ4v) is 0. The van der Waals surface area contributed by atoms with E-state index in [1.54, 1.807) is 0 Å². The number of alkyl halides is 1. The van der Waals surface area contributed by atoms with Crippen molar-refractivity contribution in [2.45, 2.75) is 12.1 Å². The number of hydrogen-bond donors (Lipinski definition) is 0. The number of rotatable bonds is 0. The summed E-state index contributed by atoms with van der Waals surface area (Å²) in [5, 5.41) is -1.17. The molecule has 0 rings (SSSR count). The predicted molar refractivity (Wildman–Crippen MR) is 28.9 cm³/mol. The molecule has 0 aromatic rings. The van der Waals surface area contributed by atoms with Gasteiger partial charge in [0, 0.05) is 0 Å². The second kappa shape index (κ2) is 1.49. The molecular weight excluding hydrogens is 105 g/mol. The van der Waals surface area contributed by atoms with Crippen LogP contribution in [0.1, 0.15) is 6.92 Å². The average molecular weight is 112 g/mol. The summed E-state index contributed by atoms with van der Waals surface area (Å²) in [6.45, 7) is 1.45. The highest BCUT2D eigenvalue weighted by atomic mass is 31.1. The summed E-state index contributed by atoms with van der Waals surface area (Å²) in [6, 6.07) is 0. The van der Waals surface area contributed by atoms with Gasteiger partial charge in [0.2, 0.25) is 0 Å². The van der Waals surface area contributed by atoms with E-state index in [-0.39, 0.29) is 0 Å². The molecule has 2 atom stereocenters. The normalized spacial score (nSPS) is 12.0. The van der Waals surface area contributed by atoms with Crippen molar-refractivity contribution < 1.29 is 4.39 Å². The molecule has 2 unspecified atom stereocenters. The molecule has 32 valence electrons. The van der Waals surface area contributed by atoms with Gasteiger partial charge in [0.25, 0.3) is 0 Å². The lowest BCUT2D eigenvalue weighted by Crippen LogP contribution is -1.87. The lowest BCUT2D eigenvalue weighted by molar-refractivity contribution is 0.441. The molecule has 0 aliphatic heterocycles. The minimum atomic E-state index is -1.17. The summed E-state index contributed by atoms with van der Waals surface area (Å²) < 4.78 is 11.6. The zero-order valence-electron chi connectivity index (χ0n) is 3.03. The number of hydrogen-bond acceptors (Lipinski definition) is 0. The van der Waals surface area contributed by atoms with Crippen LogP contribution >= 0.6 is 18.5 Å². The quantitative estimate of drug-likeness (QED) is 0.415. The van der Waals surface area contributed by atoms with E-state index in [0.29, 0.717) is 0 Å². The molecule has 0 nitrogen and oxygen atoms in total. The van der Waals surface area contributed by atoms with Crippen molar-refractivity contribution in [3.63, 3.8) is 0 Å². The van der Waals surface area contributed by atoms with Gasteiger partial charge in [-0.25, -0.2) is 4.39 Å². The van der Waals surface area contributed by atoms with E-state index in [9.17, 15) is 4.39 Å². The summed E-state index contributed by atoms with van der Waals surface area (Å²) in [5.74, 6) is 0. The molecule has 0 aromatic heterocycles. The van der Waals surface area contributed by atoms with E-state index in [0.717, 1.165) is 0 Å². The van der Waals surface area contributed by atoms with E-state index in [1.807, 2.05) is 18.5 Å². The fraction of sp³-hybridized carbons (Fsp3) is 1.00. The van der Waals surface area contributed by atoms with Crippen LogP contribution in [0.2, 0.25) is 0 Å². The van der Waals surface area contributed by atoms with Crippen LogP contribution in [0, 0.1) is 0 Å². The highest BCUT2D eigenvalue weighted by Crippen LogP contribution is 2.25. The minimum Gasteiger partial charge on any atom is -0.235 e. The van der Waals surface area contributed by atoms with Gasteiger partial charge in [0.05, 0.1) is 0 Å². The maximum absolute atomic E-state index is 11.6. The van der Waals surface area contributed by atoms with E-state index in [1.165, 1.54) is 6.92 Å². The molecule has 0 saturated heterocycles. The fourth-order valence-electron chi connectivity index (χ4n) is 0. The van der Waals surface area contributed by atoms with Crippen LogP contribution in [0.15, 0.2) is 0 Å². The molecule has 0 N–H and O–H groups in total. The molecule has 0 aromatic carbocycles. The van der Waals surface area contributed by atoms with Gasteiger partial charge < -0.3 is 0 Å². The second-order valence-electron chi connectivity index (χ2n) is 1.15. The first kappa shape index (κ1) is 5.79. The largest absolute Gasteiger partial charge is 0.235 e. The minimum absolute atomic E-state index is 1.17. The Morgan fingerprint density at radius 2 is 1.60 bits per heavy atom. The van der Waals surface area contributed by atoms with Gasteiger partial charge in [-0.1, -0.05) is 18.5 Å². The Bertz CT molecular complexity index is 23.1. The third kappa shape index (κ3) is 59.7. The topological polar surface area (TPSA) is 0 Å². The van der Waals surface area contributed by atoms with Crippen molar-refractivity contribution in [3.8, 4) is 0 Å². The van der Waals surface area contributed by atoms with Gasteiger partial charge in [-0.3, -0.25) is 0 Å². The zero-order chi connectivity index (χ0) is 4.50. The molecular formula is C2H7FP2. The first-order chi connectivity index (χ1) is 2.00. The van der Waals surface area contributed by atoms with Gasteiger partial charge in [-0.05, 0) is 6.92 Å². The van der Waals surface area contributed by atoms with Gasteiger partial charge >= 0.3 is 0 Å². The van der Waals surface area contributed by atoms with Crippen LogP contribution in [-0.4, -0.2) is 5.15 Å². The lowest BCUT2D eigenvalue weighted by atomic mass is 10.9. The standard InChI is InChI=1S/C2H7FP2/c1-2(3,4)5/h4-5H2,1H3. The van der Waals surface area contributed by atoms with Crippen LogP contribution in [0.3, 0.4) is 0 Å². The van der Waals surface area contributed by atoms with Crippen LogP contribution < -0.4 is 0 Å². The van der Waals surface area contributed by atoms with Crippen LogP contribution in [-0.2, 0) is 0 Å². The molecule has 0 spiro atoms. The first-order valence-corrected chi connectivity index (χ1v) is 2.42. The molecule has 0 fully saturated rings. The summed E-state index contributed by atoms with van der Waals surface area (Å²) in [4.78, 5) is 0. The molecule has 0 aliphatic carbocycles. The smallest absolute Gasteiger partial charge is 0.133 e. The van der Waals surface area contributed by atoms with Gasteiger partial charge in [0.15, 0.2) is 0 Å². The Morgan fingerprint density at radius 3 is 1.60 bits per heavy atom. The van der Waals surface area contributed by atoms with E-state index in [2.05, 4.69) is 0 Å². The Balaban J connectivity index is 3.02. The number of halogens is 1. The molecule has 3 heteroatoms. The molecule has 0 heterocycles. The molecule has 0 saturated carbocycles. The summed E-state index contributed by atoms with van der Waals surface area (Å²) in [6.07, 6.45) is 0. The average Bonchev–Trinajstić information content (AvgIpc) is 0.722. The molecule has 0 aliphatic rings. The Kier molecular flexibility index (Phi) is 1.73. The Morgan fingerprint density at radius 1 is 1.60 bits per heavy atom. The second-order valence-corrected chi connectivity index (χ2v) is 4.08. The van der Waals surface area contributed by atoms with Crippen molar-refractivity contribution >= 4 is 18.5 Å². The van der Waals surface area contributed by atoms with E-state index >= 15 is 0 Å². The van der Waals surface area contributed by atoms with Crippen LogP contribution in [0.5, 0.6) is 0 Å². The van der Waals surface area contributed by atoms with Gasteiger partial charge in [-0.2, -0.15) is 0 Å². The molecule has 0 amide bonds. The van der Waals surface area contributed by atoms with Crippen molar-refractivity contribution in [1.29, 1.82) is 0 Å². The Labute approximate surface area is 35.9 Å². The highest BCUT2D eigenvalue weighted by Gasteiger charge is 2.02. The van der Waals surface area contributed by atoms with Gasteiger partial charge in [-0.15, -0.1) is 0 Å². The predicted octanol–water partition coefficient (Wildman–Crippen LogP) is 1.38. The van der Waals surface area contributed by atoms with Crippen molar-refractivity contribution in [2.75, 3.05) is 0 Å². The summed E-state index contributed by atoms with van der Waals surface area (Å²) in [5.41, 5.74) is 0.